The summed E-state index contributed by atoms with van der Waals surface area (Å²) in [5, 5.41) is 18.9. The second kappa shape index (κ2) is 15.8. The van der Waals surface area contributed by atoms with Crippen molar-refractivity contribution < 1.29 is 19.3 Å². The molecule has 1 aromatic carbocycles. The molecule has 1 saturated carbocycles. The first kappa shape index (κ1) is 33.5. The first-order valence-electron chi connectivity index (χ1n) is 12.8. The summed E-state index contributed by atoms with van der Waals surface area (Å²) in [5.41, 5.74) is 3.16. The van der Waals surface area contributed by atoms with Crippen LogP contribution in [-0.2, 0) is 18.5 Å². The van der Waals surface area contributed by atoms with Crippen molar-refractivity contribution in [1.29, 1.82) is 0 Å². The second-order valence-corrected chi connectivity index (χ2v) is 12.1. The molecule has 0 unspecified atom stereocenters. The molecular weight excluding hydrogens is 490 g/mol. The van der Waals surface area contributed by atoms with Gasteiger partial charge in [0.1, 0.15) is 0 Å². The number of nitrogens with zero attached hydrogens (tertiary/aromatic N) is 3. The lowest BCUT2D eigenvalue weighted by atomic mass is 9.62. The number of aromatic nitrogens is 2. The summed E-state index contributed by atoms with van der Waals surface area (Å²) in [7, 11) is -0.834. The van der Waals surface area contributed by atoms with Gasteiger partial charge in [0.2, 0.25) is 0 Å². The topological polar surface area (TPSA) is 115 Å². The van der Waals surface area contributed by atoms with Crippen LogP contribution in [0, 0.1) is 12.3 Å². The van der Waals surface area contributed by atoms with Gasteiger partial charge < -0.3 is 10.6 Å². The molecule has 2 saturated heterocycles. The minimum Gasteiger partial charge on any atom is -0.314 e. The van der Waals surface area contributed by atoms with Crippen molar-refractivity contribution in [1.82, 2.24) is 25.3 Å². The van der Waals surface area contributed by atoms with Crippen molar-refractivity contribution in [3.63, 3.8) is 0 Å². The molecule has 3 heterocycles. The van der Waals surface area contributed by atoms with Gasteiger partial charge in [0.25, 0.3) is 0 Å². The molecule has 0 amide bonds. The van der Waals surface area contributed by atoms with E-state index in [-0.39, 0.29) is 13.5 Å². The Balaban J connectivity index is 0.000000293. The fraction of sp³-hybridized carbons (Fsp3) is 0.667. The van der Waals surface area contributed by atoms with Gasteiger partial charge in [-0.25, -0.2) is 4.89 Å². The van der Waals surface area contributed by atoms with Crippen LogP contribution in [0.5, 0.6) is 0 Å². The number of likely N-dealkylation sites (tertiary alicyclic amines) is 1. The lowest BCUT2D eigenvalue weighted by molar-refractivity contribution is -0.323. The quantitative estimate of drug-likeness (QED) is 0.276. The van der Waals surface area contributed by atoms with Crippen molar-refractivity contribution in [3.05, 3.63) is 47.8 Å². The SMILES string of the molecule is C.CC.C[C@H]1CNCCN1.Cc1ccc(CN2CC3(CC(OO)C3)C2)cc1.Cn1cc(S(C)(O)O)cn1. The van der Waals surface area contributed by atoms with E-state index in [9.17, 15) is 0 Å². The van der Waals surface area contributed by atoms with E-state index in [1.165, 1.54) is 28.3 Å². The lowest BCUT2D eigenvalue weighted by Gasteiger charge is -2.58. The Kier molecular flexibility index (Phi) is 14.3. The molecule has 1 aliphatic carbocycles. The van der Waals surface area contributed by atoms with Crippen molar-refractivity contribution in [2.75, 3.05) is 39.0 Å². The Morgan fingerprint density at radius 2 is 1.76 bits per heavy atom. The van der Waals surface area contributed by atoms with Crippen LogP contribution >= 0.6 is 10.6 Å². The van der Waals surface area contributed by atoms with E-state index < -0.39 is 10.6 Å². The minimum absolute atomic E-state index is 0. The third kappa shape index (κ3) is 11.0. The zero-order chi connectivity index (χ0) is 26.8. The van der Waals surface area contributed by atoms with Crippen LogP contribution < -0.4 is 10.6 Å². The molecule has 1 atom stereocenters. The maximum Gasteiger partial charge on any atom is 0.0959 e. The molecule has 0 radical (unpaired) electrons. The van der Waals surface area contributed by atoms with Gasteiger partial charge in [-0.15, -0.1) is 0 Å². The van der Waals surface area contributed by atoms with E-state index in [4.69, 9.17) is 14.4 Å². The Hall–Kier alpha value is -1.50. The molecule has 1 aromatic heterocycles. The van der Waals surface area contributed by atoms with Gasteiger partial charge in [-0.1, -0.05) is 51.1 Å². The predicted molar refractivity (Wildman–Crippen MR) is 154 cm³/mol. The first-order chi connectivity index (χ1) is 17.1. The Morgan fingerprint density at radius 1 is 1.14 bits per heavy atom. The van der Waals surface area contributed by atoms with Crippen LogP contribution in [-0.4, -0.2) is 80.2 Å². The van der Waals surface area contributed by atoms with E-state index in [1.54, 1.807) is 13.2 Å². The second-order valence-electron chi connectivity index (χ2n) is 10.0. The highest BCUT2D eigenvalue weighted by atomic mass is 32.3. The van der Waals surface area contributed by atoms with Crippen LogP contribution in [0.3, 0.4) is 0 Å². The van der Waals surface area contributed by atoms with Gasteiger partial charge in [-0.05, 0) is 32.3 Å². The molecule has 3 fully saturated rings. The molecule has 9 nitrogen and oxygen atoms in total. The Labute approximate surface area is 225 Å². The molecule has 214 valence electrons. The van der Waals surface area contributed by atoms with E-state index in [0.29, 0.717) is 16.4 Å². The summed E-state index contributed by atoms with van der Waals surface area (Å²) >= 11 is 0. The summed E-state index contributed by atoms with van der Waals surface area (Å²) in [6.07, 6.45) is 6.56. The number of benzene rings is 1. The predicted octanol–water partition coefficient (Wildman–Crippen LogP) is 4.84. The van der Waals surface area contributed by atoms with Gasteiger partial charge in [0, 0.05) is 70.2 Å². The van der Waals surface area contributed by atoms with Crippen molar-refractivity contribution in [3.8, 4) is 0 Å². The molecule has 3 aliphatic rings. The summed E-state index contributed by atoms with van der Waals surface area (Å²) in [5.74, 6) is 0. The summed E-state index contributed by atoms with van der Waals surface area (Å²) in [4.78, 5) is 7.32. The minimum atomic E-state index is -2.57. The molecule has 2 aliphatic heterocycles. The third-order valence-electron chi connectivity index (χ3n) is 6.49. The summed E-state index contributed by atoms with van der Waals surface area (Å²) in [6, 6.07) is 9.43. The van der Waals surface area contributed by atoms with E-state index in [1.807, 2.05) is 13.8 Å². The third-order valence-corrected chi connectivity index (χ3v) is 7.59. The average molecular weight is 542 g/mol. The highest BCUT2D eigenvalue weighted by Gasteiger charge is 2.52. The van der Waals surface area contributed by atoms with Crippen molar-refractivity contribution in [2.45, 2.75) is 71.5 Å². The van der Waals surface area contributed by atoms with Gasteiger partial charge in [0.15, 0.2) is 0 Å². The van der Waals surface area contributed by atoms with Gasteiger partial charge in [-0.3, -0.25) is 23.9 Å². The molecule has 10 heteroatoms. The number of nitrogens with one attached hydrogen (secondary N) is 2. The highest BCUT2D eigenvalue weighted by molar-refractivity contribution is 8.23. The average Bonchev–Trinajstić information content (AvgIpc) is 3.26. The van der Waals surface area contributed by atoms with Crippen LogP contribution in [0.1, 0.15) is 52.2 Å². The largest absolute Gasteiger partial charge is 0.314 e. The van der Waals surface area contributed by atoms with E-state index in [0.717, 1.165) is 52.1 Å². The number of aryl methyl sites for hydroxylation is 2. The standard InChI is InChI=1S/C14H19NO2.C5H10N2O2S.C5H12N2.C2H6.CH4/c1-11-2-4-12(5-3-11)8-15-9-14(10-15)6-13(7-14)17-16;1-7-4-5(3-6-7)10(2,8)9;1-5-4-6-2-3-7-5;1-2;/h2-5,13,16H,6-10H2,1H3;3-4,8-9H,1-2H3;5-7H,2-4H2,1H3;1-2H3;1H4/t;;5-;;/m..0../s1. The van der Waals surface area contributed by atoms with Crippen molar-refractivity contribution >= 4 is 10.6 Å². The molecular formula is C27H51N5O4S. The number of rotatable bonds is 4. The van der Waals surface area contributed by atoms with Crippen LogP contribution in [0.15, 0.2) is 41.6 Å². The lowest BCUT2D eigenvalue weighted by Crippen LogP contribution is -2.63. The van der Waals surface area contributed by atoms with Crippen LogP contribution in [0.2, 0.25) is 0 Å². The van der Waals surface area contributed by atoms with Gasteiger partial charge in [-0.2, -0.15) is 15.7 Å². The van der Waals surface area contributed by atoms with E-state index in [2.05, 4.69) is 63.6 Å². The smallest absolute Gasteiger partial charge is 0.0959 e. The fourth-order valence-electron chi connectivity index (χ4n) is 4.60. The molecule has 0 bridgehead atoms. The van der Waals surface area contributed by atoms with Crippen LogP contribution in [0.25, 0.3) is 0 Å². The van der Waals surface area contributed by atoms with Gasteiger partial charge >= 0.3 is 0 Å². The zero-order valence-electron chi connectivity index (χ0n) is 22.8. The molecule has 2 aromatic rings. The first-order valence-corrected chi connectivity index (χ1v) is 14.8. The Bertz CT molecular complexity index is 868. The zero-order valence-corrected chi connectivity index (χ0v) is 23.6. The number of piperazine rings is 1. The monoisotopic (exact) mass is 541 g/mol. The maximum absolute atomic E-state index is 9.09. The van der Waals surface area contributed by atoms with Crippen LogP contribution in [0.4, 0.5) is 0 Å². The molecule has 5 N–H and O–H groups in total. The molecule has 37 heavy (non-hydrogen) atoms. The highest BCUT2D eigenvalue weighted by Crippen LogP contribution is 2.49. The van der Waals surface area contributed by atoms with Gasteiger partial charge in [0.05, 0.1) is 17.2 Å². The Morgan fingerprint density at radius 3 is 2.14 bits per heavy atom. The van der Waals surface area contributed by atoms with Crippen molar-refractivity contribution in [2.24, 2.45) is 12.5 Å². The summed E-state index contributed by atoms with van der Waals surface area (Å²) in [6.45, 7) is 15.0. The molecule has 5 rings (SSSR count). The molecule has 1 spiro atoms. The fourth-order valence-corrected chi connectivity index (χ4v) is 5.20. The maximum atomic E-state index is 9.09. The number of hydrogen-bond acceptors (Lipinski definition) is 8. The summed E-state index contributed by atoms with van der Waals surface area (Å²) < 4.78 is 19.7. The van der Waals surface area contributed by atoms with E-state index >= 15 is 0 Å². The normalized spacial score (nSPS) is 20.8. The number of hydrogen-bond donors (Lipinski definition) is 5.